The quantitative estimate of drug-likeness (QED) is 0.170. The van der Waals surface area contributed by atoms with Gasteiger partial charge in [0.05, 0.1) is 0 Å². The predicted molar refractivity (Wildman–Crippen MR) is 229 cm³/mol. The van der Waals surface area contributed by atoms with Crippen LogP contribution in [0.25, 0.3) is 121 Å². The van der Waals surface area contributed by atoms with Crippen molar-refractivity contribution in [3.63, 3.8) is 0 Å². The van der Waals surface area contributed by atoms with Crippen molar-refractivity contribution >= 4 is 76.2 Å². The van der Waals surface area contributed by atoms with Crippen LogP contribution in [0.4, 0.5) is 0 Å². The first-order chi connectivity index (χ1) is 27.7. The summed E-state index contributed by atoms with van der Waals surface area (Å²) in [6, 6.07) is 61.1. The first kappa shape index (κ1) is 30.8. The molecule has 0 bridgehead atoms. The van der Waals surface area contributed by atoms with Crippen molar-refractivity contribution in [2.75, 3.05) is 0 Å². The number of fused-ring (bicyclic) bond motifs is 10. The molecule has 0 saturated carbocycles. The summed E-state index contributed by atoms with van der Waals surface area (Å²) in [6.07, 6.45) is 0. The minimum absolute atomic E-state index is 0.585. The Labute approximate surface area is 320 Å². The van der Waals surface area contributed by atoms with Gasteiger partial charge >= 0.3 is 0 Å². The number of benzene rings is 9. The van der Waals surface area contributed by atoms with Crippen LogP contribution in [-0.4, -0.2) is 15.0 Å². The highest BCUT2D eigenvalue weighted by molar-refractivity contribution is 6.14. The summed E-state index contributed by atoms with van der Waals surface area (Å²) in [4.78, 5) is 15.4. The average Bonchev–Trinajstić information content (AvgIpc) is 3.82. The van der Waals surface area contributed by atoms with Crippen LogP contribution in [0.3, 0.4) is 0 Å². The molecule has 0 aliphatic carbocycles. The van der Waals surface area contributed by atoms with Crippen molar-refractivity contribution in [2.45, 2.75) is 0 Å². The maximum absolute atomic E-state index is 6.48. The van der Waals surface area contributed by atoms with Crippen molar-refractivity contribution < 1.29 is 8.83 Å². The first-order valence-corrected chi connectivity index (χ1v) is 18.7. The summed E-state index contributed by atoms with van der Waals surface area (Å²) in [5.41, 5.74) is 8.17. The Bertz CT molecular complexity index is 3550. The molecule has 0 spiro atoms. The number of aromatic nitrogens is 3. The lowest BCUT2D eigenvalue weighted by Gasteiger charge is -2.10. The van der Waals surface area contributed by atoms with Crippen molar-refractivity contribution in [3.8, 4) is 45.3 Å². The van der Waals surface area contributed by atoms with E-state index < -0.39 is 0 Å². The number of rotatable bonds is 4. The van der Waals surface area contributed by atoms with Crippen LogP contribution in [0.5, 0.6) is 0 Å². The average molecular weight is 716 g/mol. The molecule has 260 valence electrons. The molecule has 0 radical (unpaired) electrons. The molecule has 0 N–H and O–H groups in total. The lowest BCUT2D eigenvalue weighted by atomic mass is 9.99. The Morgan fingerprint density at radius 2 is 0.929 bits per heavy atom. The van der Waals surface area contributed by atoms with Crippen LogP contribution >= 0.6 is 0 Å². The maximum Gasteiger partial charge on any atom is 0.164 e. The van der Waals surface area contributed by atoms with Gasteiger partial charge in [-0.1, -0.05) is 127 Å². The normalized spacial score (nSPS) is 11.9. The Morgan fingerprint density at radius 1 is 0.286 bits per heavy atom. The Hall–Kier alpha value is -7.63. The number of nitrogens with zero attached hydrogens (tertiary/aromatic N) is 3. The van der Waals surface area contributed by atoms with E-state index in [-0.39, 0.29) is 0 Å². The molecule has 12 rings (SSSR count). The molecule has 12 aromatic rings. The van der Waals surface area contributed by atoms with E-state index in [0.717, 1.165) is 77.1 Å². The van der Waals surface area contributed by atoms with Gasteiger partial charge in [-0.25, -0.2) is 15.0 Å². The topological polar surface area (TPSA) is 65.0 Å². The van der Waals surface area contributed by atoms with Gasteiger partial charge in [-0.15, -0.1) is 0 Å². The molecule has 0 saturated heterocycles. The molecule has 0 unspecified atom stereocenters. The molecular weight excluding hydrogens is 687 g/mol. The van der Waals surface area contributed by atoms with Crippen molar-refractivity contribution in [2.24, 2.45) is 0 Å². The summed E-state index contributed by atoms with van der Waals surface area (Å²) in [6.45, 7) is 0. The van der Waals surface area contributed by atoms with Gasteiger partial charge in [-0.3, -0.25) is 0 Å². The van der Waals surface area contributed by atoms with Crippen LogP contribution in [0, 0.1) is 0 Å². The molecular formula is C51H29N3O2. The van der Waals surface area contributed by atoms with Gasteiger partial charge in [0.2, 0.25) is 0 Å². The second-order valence-corrected chi connectivity index (χ2v) is 14.4. The van der Waals surface area contributed by atoms with E-state index in [1.165, 1.54) is 26.9 Å². The Morgan fingerprint density at radius 3 is 1.82 bits per heavy atom. The van der Waals surface area contributed by atoms with Gasteiger partial charge in [-0.05, 0) is 92.0 Å². The third kappa shape index (κ3) is 4.84. The van der Waals surface area contributed by atoms with E-state index in [0.29, 0.717) is 17.5 Å². The fourth-order valence-corrected chi connectivity index (χ4v) is 8.33. The van der Waals surface area contributed by atoms with E-state index in [9.17, 15) is 0 Å². The maximum atomic E-state index is 6.48. The fraction of sp³-hybridized carbons (Fsp3) is 0. The van der Waals surface area contributed by atoms with E-state index in [2.05, 4.69) is 133 Å². The van der Waals surface area contributed by atoms with E-state index in [4.69, 9.17) is 23.8 Å². The smallest absolute Gasteiger partial charge is 0.164 e. The summed E-state index contributed by atoms with van der Waals surface area (Å²) in [5.74, 6) is 1.81. The van der Waals surface area contributed by atoms with Gasteiger partial charge < -0.3 is 8.83 Å². The monoisotopic (exact) mass is 715 g/mol. The summed E-state index contributed by atoms with van der Waals surface area (Å²) < 4.78 is 12.9. The molecule has 0 atom stereocenters. The summed E-state index contributed by atoms with van der Waals surface area (Å²) in [5, 5.41) is 11.3. The lowest BCUT2D eigenvalue weighted by molar-refractivity contribution is 0.669. The highest BCUT2D eigenvalue weighted by atomic mass is 16.3. The fourth-order valence-electron chi connectivity index (χ4n) is 8.33. The van der Waals surface area contributed by atoms with Crippen molar-refractivity contribution in [3.05, 3.63) is 176 Å². The zero-order chi connectivity index (χ0) is 36.7. The highest BCUT2D eigenvalue weighted by Gasteiger charge is 2.19. The lowest BCUT2D eigenvalue weighted by Crippen LogP contribution is -2.00. The van der Waals surface area contributed by atoms with Crippen LogP contribution < -0.4 is 0 Å². The van der Waals surface area contributed by atoms with Crippen molar-refractivity contribution in [1.29, 1.82) is 0 Å². The van der Waals surface area contributed by atoms with E-state index >= 15 is 0 Å². The summed E-state index contributed by atoms with van der Waals surface area (Å²) in [7, 11) is 0. The minimum Gasteiger partial charge on any atom is -0.456 e. The predicted octanol–water partition coefficient (Wildman–Crippen LogP) is 13.8. The highest BCUT2D eigenvalue weighted by Crippen LogP contribution is 2.40. The number of hydrogen-bond acceptors (Lipinski definition) is 5. The van der Waals surface area contributed by atoms with E-state index in [1.807, 2.05) is 42.5 Å². The third-order valence-corrected chi connectivity index (χ3v) is 11.1. The first-order valence-electron chi connectivity index (χ1n) is 18.7. The van der Waals surface area contributed by atoms with Gasteiger partial charge in [0, 0.05) is 38.2 Å². The van der Waals surface area contributed by atoms with Crippen LogP contribution in [0.15, 0.2) is 185 Å². The van der Waals surface area contributed by atoms with Crippen LogP contribution in [-0.2, 0) is 0 Å². The Kier molecular flexibility index (Phi) is 6.56. The molecule has 0 amide bonds. The molecule has 0 aliphatic heterocycles. The van der Waals surface area contributed by atoms with Crippen LogP contribution in [0.1, 0.15) is 0 Å². The zero-order valence-corrected chi connectivity index (χ0v) is 29.9. The molecule has 5 nitrogen and oxygen atoms in total. The van der Waals surface area contributed by atoms with Crippen molar-refractivity contribution in [1.82, 2.24) is 15.0 Å². The molecule has 3 aromatic heterocycles. The minimum atomic E-state index is 0.585. The molecule has 9 aromatic carbocycles. The molecule has 56 heavy (non-hydrogen) atoms. The van der Waals surface area contributed by atoms with Gasteiger partial charge in [0.25, 0.3) is 0 Å². The Balaban J connectivity index is 1.02. The van der Waals surface area contributed by atoms with E-state index in [1.54, 1.807) is 0 Å². The third-order valence-electron chi connectivity index (χ3n) is 11.1. The zero-order valence-electron chi connectivity index (χ0n) is 29.9. The molecule has 3 heterocycles. The second-order valence-electron chi connectivity index (χ2n) is 14.4. The van der Waals surface area contributed by atoms with Crippen LogP contribution in [0.2, 0.25) is 0 Å². The molecule has 0 aliphatic rings. The SMILES string of the molecule is c1ccc(-c2nc(-c3ccc4c(ccc5ccccc54)c3)nc(-c3cccc4oc5ccc(-c6ccc7c(c6)oc6cc8ccccc8cc67)cc5c34)n2)cc1. The summed E-state index contributed by atoms with van der Waals surface area (Å²) >= 11 is 0. The molecule has 0 fully saturated rings. The second kappa shape index (κ2) is 11.9. The number of hydrogen-bond donors (Lipinski definition) is 0. The standard InChI is InChI=1S/C51H29N3O2/c1-2-10-31(11-3-1)49-52-50(37-20-22-39-36(25-37)18-17-30-9-6-7-14-38(30)39)54-51(53-49)41-15-8-16-45-48(41)43-27-34(21-24-44(43)55-45)35-19-23-40-42-26-32-12-4-5-13-33(32)28-47(42)56-46(40)29-35/h1-29H. The van der Waals surface area contributed by atoms with Gasteiger partial charge in [-0.2, -0.15) is 0 Å². The molecule has 5 heteroatoms. The van der Waals surface area contributed by atoms with Gasteiger partial charge in [0.1, 0.15) is 22.3 Å². The largest absolute Gasteiger partial charge is 0.456 e. The van der Waals surface area contributed by atoms with Gasteiger partial charge in [0.15, 0.2) is 17.5 Å². The number of furan rings is 2.